The zero-order valence-corrected chi connectivity index (χ0v) is 14.6. The van der Waals surface area contributed by atoms with Gasteiger partial charge in [-0.2, -0.15) is 0 Å². The number of benzene rings is 1. The molecule has 1 unspecified atom stereocenters. The molecule has 1 fully saturated rings. The van der Waals surface area contributed by atoms with E-state index in [1.165, 1.54) is 0 Å². The molecule has 1 aliphatic rings. The van der Waals surface area contributed by atoms with E-state index in [0.29, 0.717) is 5.69 Å². The maximum Gasteiger partial charge on any atom is 0.274 e. The van der Waals surface area contributed by atoms with Crippen LogP contribution in [-0.4, -0.2) is 47.1 Å². The number of hydrogen-bond donors (Lipinski definition) is 2. The van der Waals surface area contributed by atoms with Crippen molar-refractivity contribution in [1.82, 2.24) is 25.6 Å². The van der Waals surface area contributed by atoms with Crippen LogP contribution in [0, 0.1) is 6.92 Å². The molecule has 1 atom stereocenters. The minimum atomic E-state index is -0.170. The van der Waals surface area contributed by atoms with Crippen molar-refractivity contribution in [1.29, 1.82) is 0 Å². The fourth-order valence-electron chi connectivity index (χ4n) is 2.74. The molecule has 2 heterocycles. The van der Waals surface area contributed by atoms with Crippen LogP contribution >= 0.6 is 12.4 Å². The number of carbonyl (C=O) groups excluding carboxylic acids is 1. The lowest BCUT2D eigenvalue weighted by Crippen LogP contribution is -2.45. The van der Waals surface area contributed by atoms with E-state index in [1.807, 2.05) is 31.2 Å². The van der Waals surface area contributed by atoms with Gasteiger partial charge in [0, 0.05) is 12.6 Å². The average molecular weight is 352 g/mol. The second kappa shape index (κ2) is 8.12. The Morgan fingerprint density at radius 3 is 2.75 bits per heavy atom. The summed E-state index contributed by atoms with van der Waals surface area (Å²) in [6.45, 7) is 3.66. The molecule has 24 heavy (non-hydrogen) atoms. The van der Waals surface area contributed by atoms with Crippen LogP contribution in [0.1, 0.15) is 29.0 Å². The van der Waals surface area contributed by atoms with Gasteiger partial charge < -0.3 is 15.4 Å². The summed E-state index contributed by atoms with van der Waals surface area (Å²) in [6, 6.07) is 7.62. The van der Waals surface area contributed by atoms with Gasteiger partial charge in [0.15, 0.2) is 5.69 Å². The Labute approximate surface area is 147 Å². The van der Waals surface area contributed by atoms with Crippen LogP contribution in [0.5, 0.6) is 5.75 Å². The van der Waals surface area contributed by atoms with Crippen LogP contribution < -0.4 is 15.4 Å². The molecular weight excluding hydrogens is 330 g/mol. The van der Waals surface area contributed by atoms with Crippen LogP contribution in [0.4, 0.5) is 0 Å². The molecule has 0 spiro atoms. The maximum atomic E-state index is 12.4. The monoisotopic (exact) mass is 351 g/mol. The summed E-state index contributed by atoms with van der Waals surface area (Å²) >= 11 is 0. The lowest BCUT2D eigenvalue weighted by atomic mass is 10.1. The van der Waals surface area contributed by atoms with Gasteiger partial charge in [0.05, 0.1) is 18.5 Å². The molecule has 1 aromatic carbocycles. The molecule has 2 N–H and O–H groups in total. The Balaban J connectivity index is 0.00000208. The molecule has 0 radical (unpaired) electrons. The molecule has 0 bridgehead atoms. The first kappa shape index (κ1) is 18.2. The van der Waals surface area contributed by atoms with Gasteiger partial charge in [-0.25, -0.2) is 4.68 Å². The van der Waals surface area contributed by atoms with Gasteiger partial charge in [0.25, 0.3) is 5.91 Å². The third-order valence-electron chi connectivity index (χ3n) is 4.06. The van der Waals surface area contributed by atoms with E-state index >= 15 is 0 Å². The first-order valence-corrected chi connectivity index (χ1v) is 7.77. The Morgan fingerprint density at radius 2 is 2.12 bits per heavy atom. The zero-order chi connectivity index (χ0) is 16.2. The Kier molecular flexibility index (Phi) is 6.16. The van der Waals surface area contributed by atoms with Gasteiger partial charge in [-0.05, 0) is 50.6 Å². The smallest absolute Gasteiger partial charge is 0.274 e. The highest BCUT2D eigenvalue weighted by Gasteiger charge is 2.21. The predicted molar refractivity (Wildman–Crippen MR) is 93.3 cm³/mol. The molecule has 8 heteroatoms. The fraction of sp³-hybridized carbons (Fsp3) is 0.438. The van der Waals surface area contributed by atoms with E-state index in [0.717, 1.165) is 43.1 Å². The number of piperidine rings is 1. The number of carbonyl (C=O) groups is 1. The van der Waals surface area contributed by atoms with Gasteiger partial charge in [-0.15, -0.1) is 17.5 Å². The van der Waals surface area contributed by atoms with Crippen LogP contribution in [0.2, 0.25) is 0 Å². The molecule has 0 saturated carbocycles. The van der Waals surface area contributed by atoms with Gasteiger partial charge in [0.2, 0.25) is 0 Å². The number of aromatic nitrogens is 3. The predicted octanol–water partition coefficient (Wildman–Crippen LogP) is 1.49. The molecule has 1 aromatic heterocycles. The lowest BCUT2D eigenvalue weighted by Gasteiger charge is -2.23. The number of nitrogens with one attached hydrogen (secondary N) is 2. The van der Waals surface area contributed by atoms with Crippen molar-refractivity contribution in [3.63, 3.8) is 0 Å². The van der Waals surface area contributed by atoms with Crippen LogP contribution in [0.3, 0.4) is 0 Å². The standard InChI is InChI=1S/C16H21N5O2.ClH/c1-11-15(16(22)18-12-4-3-9-17-10-12)19-20-21(11)13-5-7-14(23-2)8-6-13;/h5-8,12,17H,3-4,9-10H2,1-2H3,(H,18,22);1H. The third kappa shape index (κ3) is 3.85. The van der Waals surface area contributed by atoms with Gasteiger partial charge in [-0.1, -0.05) is 5.21 Å². The second-order valence-electron chi connectivity index (χ2n) is 5.65. The maximum absolute atomic E-state index is 12.4. The molecule has 3 rings (SSSR count). The van der Waals surface area contributed by atoms with Crippen molar-refractivity contribution in [3.8, 4) is 11.4 Å². The molecule has 1 saturated heterocycles. The number of rotatable bonds is 4. The number of amides is 1. The Morgan fingerprint density at radius 1 is 1.38 bits per heavy atom. The van der Waals surface area contributed by atoms with Crippen molar-refractivity contribution in [2.24, 2.45) is 0 Å². The summed E-state index contributed by atoms with van der Waals surface area (Å²) in [5, 5.41) is 14.5. The topological polar surface area (TPSA) is 81.1 Å². The molecule has 1 amide bonds. The highest BCUT2D eigenvalue weighted by Crippen LogP contribution is 2.17. The number of methoxy groups -OCH3 is 1. The van der Waals surface area contributed by atoms with Crippen molar-refractivity contribution in [3.05, 3.63) is 35.7 Å². The van der Waals surface area contributed by atoms with Crippen LogP contribution in [0.15, 0.2) is 24.3 Å². The molecule has 2 aromatic rings. The van der Waals surface area contributed by atoms with E-state index in [9.17, 15) is 4.79 Å². The van der Waals surface area contributed by atoms with Crippen molar-refractivity contribution in [2.75, 3.05) is 20.2 Å². The Bertz CT molecular complexity index is 680. The van der Waals surface area contributed by atoms with E-state index in [-0.39, 0.29) is 24.4 Å². The first-order valence-electron chi connectivity index (χ1n) is 7.77. The van der Waals surface area contributed by atoms with E-state index in [2.05, 4.69) is 20.9 Å². The summed E-state index contributed by atoms with van der Waals surface area (Å²) in [7, 11) is 1.62. The normalized spacial score (nSPS) is 17.0. The molecular formula is C16H22ClN5O2. The SMILES string of the molecule is COc1ccc(-n2nnc(C(=O)NC3CCCNC3)c2C)cc1.Cl. The number of halogens is 1. The summed E-state index contributed by atoms with van der Waals surface area (Å²) in [6.07, 6.45) is 2.06. The van der Waals surface area contributed by atoms with Crippen molar-refractivity contribution in [2.45, 2.75) is 25.8 Å². The lowest BCUT2D eigenvalue weighted by molar-refractivity contribution is 0.0925. The van der Waals surface area contributed by atoms with Gasteiger partial charge >= 0.3 is 0 Å². The quantitative estimate of drug-likeness (QED) is 0.872. The largest absolute Gasteiger partial charge is 0.497 e. The number of nitrogens with zero attached hydrogens (tertiary/aromatic N) is 3. The minimum Gasteiger partial charge on any atom is -0.497 e. The minimum absolute atomic E-state index is 0. The highest BCUT2D eigenvalue weighted by atomic mass is 35.5. The summed E-state index contributed by atoms with van der Waals surface area (Å²) < 4.78 is 6.81. The van der Waals surface area contributed by atoms with Crippen LogP contribution in [-0.2, 0) is 0 Å². The highest BCUT2D eigenvalue weighted by molar-refractivity contribution is 5.93. The molecule has 130 valence electrons. The molecule has 7 nitrogen and oxygen atoms in total. The van der Waals surface area contributed by atoms with Gasteiger partial charge in [-0.3, -0.25) is 4.79 Å². The van der Waals surface area contributed by atoms with E-state index < -0.39 is 0 Å². The number of ether oxygens (including phenoxy) is 1. The summed E-state index contributed by atoms with van der Waals surface area (Å²) in [5.41, 5.74) is 1.93. The Hall–Kier alpha value is -2.12. The second-order valence-corrected chi connectivity index (χ2v) is 5.65. The van der Waals surface area contributed by atoms with Crippen molar-refractivity contribution >= 4 is 18.3 Å². The average Bonchev–Trinajstić information content (AvgIpc) is 2.97. The molecule has 0 aliphatic carbocycles. The number of hydrogen-bond acceptors (Lipinski definition) is 5. The van der Waals surface area contributed by atoms with E-state index in [4.69, 9.17) is 4.74 Å². The molecule has 1 aliphatic heterocycles. The first-order chi connectivity index (χ1) is 11.2. The van der Waals surface area contributed by atoms with Crippen LogP contribution in [0.25, 0.3) is 5.69 Å². The van der Waals surface area contributed by atoms with Gasteiger partial charge in [0.1, 0.15) is 5.75 Å². The van der Waals surface area contributed by atoms with Crippen molar-refractivity contribution < 1.29 is 9.53 Å². The van der Waals surface area contributed by atoms with E-state index in [1.54, 1.807) is 11.8 Å². The fourth-order valence-corrected chi connectivity index (χ4v) is 2.74. The summed E-state index contributed by atoms with van der Waals surface area (Å²) in [4.78, 5) is 12.4. The third-order valence-corrected chi connectivity index (χ3v) is 4.06. The zero-order valence-electron chi connectivity index (χ0n) is 13.8. The summed E-state index contributed by atoms with van der Waals surface area (Å²) in [5.74, 6) is 0.602.